The van der Waals surface area contributed by atoms with Crippen molar-refractivity contribution in [2.24, 2.45) is 0 Å². The number of benzene rings is 4. The van der Waals surface area contributed by atoms with Crippen molar-refractivity contribution in [3.05, 3.63) is 130 Å². The summed E-state index contributed by atoms with van der Waals surface area (Å²) in [5, 5.41) is 14.6. The molecule has 0 aliphatic heterocycles. The van der Waals surface area contributed by atoms with Gasteiger partial charge in [-0.1, -0.05) is 54.1 Å². The van der Waals surface area contributed by atoms with E-state index in [1.165, 1.54) is 23.1 Å². The molecule has 0 atom stereocenters. The van der Waals surface area contributed by atoms with Gasteiger partial charge in [0.15, 0.2) is 0 Å². The van der Waals surface area contributed by atoms with Crippen molar-refractivity contribution in [2.45, 2.75) is 26.2 Å². The predicted octanol–water partition coefficient (Wildman–Crippen LogP) is 9.67. The lowest BCUT2D eigenvalue weighted by atomic mass is 9.81. The van der Waals surface area contributed by atoms with Gasteiger partial charge >= 0.3 is 0 Å². The normalized spacial score (nSPS) is 12.6. The summed E-state index contributed by atoms with van der Waals surface area (Å²) in [5.74, 6) is 0.0626. The third-order valence-corrected chi connectivity index (χ3v) is 7.30. The first-order valence-electron chi connectivity index (χ1n) is 12.6. The van der Waals surface area contributed by atoms with Gasteiger partial charge in [0.05, 0.1) is 0 Å². The largest absolute Gasteiger partial charge is 0.508 e. The highest BCUT2D eigenvalue weighted by Crippen LogP contribution is 2.40. The first kappa shape index (κ1) is 24.7. The van der Waals surface area contributed by atoms with E-state index >= 15 is 0 Å². The van der Waals surface area contributed by atoms with Gasteiger partial charge in [-0.3, -0.25) is 0 Å². The molecule has 0 heterocycles. The third kappa shape index (κ3) is 5.42. The fourth-order valence-corrected chi connectivity index (χ4v) is 4.85. The molecule has 0 amide bonds. The van der Waals surface area contributed by atoms with E-state index in [1.807, 2.05) is 48.5 Å². The molecule has 186 valence electrons. The average Bonchev–Trinajstić information content (AvgIpc) is 2.87. The molecule has 3 nitrogen and oxygen atoms in total. The molecular weight excluding hydrogens is 476 g/mol. The van der Waals surface area contributed by atoms with Gasteiger partial charge in [0.25, 0.3) is 0 Å². The Labute approximate surface area is 224 Å². The molecule has 0 aromatic heterocycles. The minimum absolute atomic E-state index is 0.0626. The van der Waals surface area contributed by atoms with Crippen molar-refractivity contribution < 1.29 is 5.11 Å². The molecule has 1 aliphatic rings. The van der Waals surface area contributed by atoms with E-state index in [0.29, 0.717) is 5.56 Å². The Bertz CT molecular complexity index is 1460. The van der Waals surface area contributed by atoms with Gasteiger partial charge in [-0.2, -0.15) is 0 Å². The minimum atomic E-state index is 0.0626. The standard InChI is InChI=1S/C33H31ClN2O/c1-22-7-4-5-10-32(22)35-29-20-26(23(2)37)19-27(21-29)33(24-8-6-9-24)25-11-15-30(16-12-25)36(3)31-17-13-28(34)14-18-31/h4-5,7,10-21,35,37H,2,6,8-9H2,1,3H3. The Balaban J connectivity index is 1.52. The van der Waals surface area contributed by atoms with E-state index < -0.39 is 0 Å². The lowest BCUT2D eigenvalue weighted by Crippen LogP contribution is -2.09. The number of hydrogen-bond acceptors (Lipinski definition) is 3. The molecule has 0 unspecified atom stereocenters. The molecule has 4 heteroatoms. The molecule has 1 aliphatic carbocycles. The molecular formula is C33H31ClN2O. The molecule has 1 saturated carbocycles. The average molecular weight is 507 g/mol. The maximum atomic E-state index is 10.3. The molecule has 4 aromatic carbocycles. The molecule has 0 spiro atoms. The Hall–Kier alpha value is -3.95. The van der Waals surface area contributed by atoms with E-state index in [-0.39, 0.29) is 5.76 Å². The van der Waals surface area contributed by atoms with Gasteiger partial charge in [-0.15, -0.1) is 0 Å². The maximum absolute atomic E-state index is 10.3. The molecule has 2 N–H and O–H groups in total. The van der Waals surface area contributed by atoms with Crippen LogP contribution in [0, 0.1) is 6.92 Å². The Kier molecular flexibility index (Phi) is 7.07. The summed E-state index contributed by atoms with van der Waals surface area (Å²) < 4.78 is 0. The Morgan fingerprint density at radius 1 is 0.838 bits per heavy atom. The number of aryl methyl sites for hydroxylation is 1. The first-order chi connectivity index (χ1) is 17.9. The number of halogens is 1. The first-order valence-corrected chi connectivity index (χ1v) is 12.9. The Morgan fingerprint density at radius 2 is 1.46 bits per heavy atom. The molecule has 1 fully saturated rings. The second-order valence-electron chi connectivity index (χ2n) is 9.60. The highest BCUT2D eigenvalue weighted by molar-refractivity contribution is 6.30. The van der Waals surface area contributed by atoms with Gasteiger partial charge in [-0.05, 0) is 109 Å². The van der Waals surface area contributed by atoms with E-state index in [0.717, 1.165) is 51.7 Å². The van der Waals surface area contributed by atoms with Crippen LogP contribution < -0.4 is 10.2 Å². The van der Waals surface area contributed by atoms with Crippen molar-refractivity contribution in [3.63, 3.8) is 0 Å². The number of nitrogens with one attached hydrogen (secondary N) is 1. The molecule has 4 aromatic rings. The zero-order chi connectivity index (χ0) is 25.9. The SMILES string of the molecule is C=C(O)c1cc(Nc2ccccc2C)cc(C(=C2CCC2)c2ccc(N(C)c3ccc(Cl)cc3)cc2)c1. The van der Waals surface area contributed by atoms with Crippen LogP contribution in [0.1, 0.15) is 41.5 Å². The number of hydrogen-bond donors (Lipinski definition) is 2. The topological polar surface area (TPSA) is 35.5 Å². The number of allylic oxidation sites excluding steroid dienone is 1. The summed E-state index contributed by atoms with van der Waals surface area (Å²) >= 11 is 6.07. The molecule has 0 radical (unpaired) electrons. The van der Waals surface area contributed by atoms with Gasteiger partial charge < -0.3 is 15.3 Å². The molecule has 0 saturated heterocycles. The molecule has 37 heavy (non-hydrogen) atoms. The molecule has 5 rings (SSSR count). The zero-order valence-corrected chi connectivity index (χ0v) is 22.0. The van der Waals surface area contributed by atoms with Crippen molar-refractivity contribution in [2.75, 3.05) is 17.3 Å². The number of aliphatic hydroxyl groups excluding tert-OH is 1. The summed E-state index contributed by atoms with van der Waals surface area (Å²) in [5.41, 5.74) is 11.0. The van der Waals surface area contributed by atoms with Crippen LogP contribution in [0.15, 0.2) is 103 Å². The van der Waals surface area contributed by atoms with Gasteiger partial charge in [0, 0.05) is 40.4 Å². The smallest absolute Gasteiger partial charge is 0.115 e. The van der Waals surface area contributed by atoms with Gasteiger partial charge in [-0.25, -0.2) is 0 Å². The lowest BCUT2D eigenvalue weighted by molar-refractivity contribution is 0.514. The van der Waals surface area contributed by atoms with E-state index in [1.54, 1.807) is 0 Å². The number of anilines is 4. The van der Waals surface area contributed by atoms with Crippen LogP contribution in [0.25, 0.3) is 11.3 Å². The van der Waals surface area contributed by atoms with Crippen molar-refractivity contribution >= 4 is 45.7 Å². The van der Waals surface area contributed by atoms with Crippen LogP contribution in [0.3, 0.4) is 0 Å². The number of rotatable bonds is 7. The summed E-state index contributed by atoms with van der Waals surface area (Å²) in [6.45, 7) is 5.89. The second-order valence-corrected chi connectivity index (χ2v) is 10.0. The van der Waals surface area contributed by atoms with Gasteiger partial charge in [0.1, 0.15) is 5.76 Å². The van der Waals surface area contributed by atoms with E-state index in [2.05, 4.69) is 73.2 Å². The van der Waals surface area contributed by atoms with E-state index in [9.17, 15) is 5.11 Å². The number of nitrogens with zero attached hydrogens (tertiary/aromatic N) is 1. The Morgan fingerprint density at radius 3 is 2.05 bits per heavy atom. The highest BCUT2D eigenvalue weighted by Gasteiger charge is 2.19. The fraction of sp³-hybridized carbons (Fsp3) is 0.152. The zero-order valence-electron chi connectivity index (χ0n) is 21.3. The van der Waals surface area contributed by atoms with Crippen LogP contribution in [0.4, 0.5) is 22.7 Å². The number of para-hydroxylation sites is 1. The van der Waals surface area contributed by atoms with Crippen molar-refractivity contribution in [1.29, 1.82) is 0 Å². The maximum Gasteiger partial charge on any atom is 0.115 e. The van der Waals surface area contributed by atoms with Crippen LogP contribution in [0.5, 0.6) is 0 Å². The minimum Gasteiger partial charge on any atom is -0.508 e. The van der Waals surface area contributed by atoms with Crippen LogP contribution in [-0.4, -0.2) is 12.2 Å². The molecule has 0 bridgehead atoms. The van der Waals surface area contributed by atoms with Gasteiger partial charge in [0.2, 0.25) is 0 Å². The fourth-order valence-electron chi connectivity index (χ4n) is 4.72. The quantitative estimate of drug-likeness (QED) is 0.245. The monoisotopic (exact) mass is 506 g/mol. The summed E-state index contributed by atoms with van der Waals surface area (Å²) in [4.78, 5) is 2.15. The number of aliphatic hydroxyl groups is 1. The van der Waals surface area contributed by atoms with Crippen molar-refractivity contribution in [1.82, 2.24) is 0 Å². The summed E-state index contributed by atoms with van der Waals surface area (Å²) in [6, 6.07) is 30.9. The van der Waals surface area contributed by atoms with Crippen molar-refractivity contribution in [3.8, 4) is 0 Å². The summed E-state index contributed by atoms with van der Waals surface area (Å²) in [6.07, 6.45) is 3.39. The summed E-state index contributed by atoms with van der Waals surface area (Å²) in [7, 11) is 2.06. The highest BCUT2D eigenvalue weighted by atomic mass is 35.5. The van der Waals surface area contributed by atoms with Crippen LogP contribution in [0.2, 0.25) is 5.02 Å². The van der Waals surface area contributed by atoms with Crippen LogP contribution >= 0.6 is 11.6 Å². The predicted molar refractivity (Wildman–Crippen MR) is 158 cm³/mol. The van der Waals surface area contributed by atoms with E-state index in [4.69, 9.17) is 11.6 Å². The second kappa shape index (κ2) is 10.6. The van der Waals surface area contributed by atoms with Crippen LogP contribution in [-0.2, 0) is 0 Å². The third-order valence-electron chi connectivity index (χ3n) is 7.05. The lowest BCUT2D eigenvalue weighted by Gasteiger charge is -2.25.